The molecule has 5 heteroatoms. The Balaban J connectivity index is 1.32. The van der Waals surface area contributed by atoms with Crippen LogP contribution in [0.15, 0.2) is 53.1 Å². The fourth-order valence-electron chi connectivity index (χ4n) is 3.93. The van der Waals surface area contributed by atoms with Crippen molar-refractivity contribution in [3.05, 3.63) is 71.3 Å². The van der Waals surface area contributed by atoms with Crippen LogP contribution < -0.4 is 5.32 Å². The van der Waals surface area contributed by atoms with Crippen molar-refractivity contribution in [2.24, 2.45) is 0 Å². The second kappa shape index (κ2) is 14.6. The Morgan fingerprint density at radius 2 is 1.52 bits per heavy atom. The van der Waals surface area contributed by atoms with E-state index in [0.29, 0.717) is 31.0 Å². The maximum atomic E-state index is 13.7. The van der Waals surface area contributed by atoms with Gasteiger partial charge >= 0.3 is 0 Å². The molecule has 0 saturated carbocycles. The predicted octanol–water partition coefficient (Wildman–Crippen LogP) is 7.30. The molecular formula is C28H37FN3O. The van der Waals surface area contributed by atoms with E-state index in [4.69, 9.17) is 4.52 Å². The fourth-order valence-corrected chi connectivity index (χ4v) is 3.93. The monoisotopic (exact) mass is 450 g/mol. The minimum Gasteiger partial charge on any atom is -0.334 e. The lowest BCUT2D eigenvalue weighted by Crippen LogP contribution is -2.09. The lowest BCUT2D eigenvalue weighted by Gasteiger charge is -2.05. The van der Waals surface area contributed by atoms with Gasteiger partial charge in [-0.05, 0) is 42.2 Å². The molecule has 4 nitrogen and oxygen atoms in total. The number of benzene rings is 2. The Bertz CT molecular complexity index is 923. The number of aromatic nitrogens is 2. The maximum absolute atomic E-state index is 13.7. The summed E-state index contributed by atoms with van der Waals surface area (Å²) in [7, 11) is 0. The maximum Gasteiger partial charge on any atom is 0.257 e. The van der Waals surface area contributed by atoms with Crippen LogP contribution in [0.4, 0.5) is 4.39 Å². The molecule has 0 aliphatic rings. The largest absolute Gasteiger partial charge is 0.334 e. The number of aryl methyl sites for hydroxylation is 1. The molecule has 0 aliphatic heterocycles. The van der Waals surface area contributed by atoms with E-state index >= 15 is 0 Å². The van der Waals surface area contributed by atoms with Gasteiger partial charge in [-0.1, -0.05) is 93.8 Å². The Hall–Kier alpha value is -2.53. The van der Waals surface area contributed by atoms with E-state index in [1.54, 1.807) is 6.07 Å². The number of halogens is 1. The van der Waals surface area contributed by atoms with Crippen molar-refractivity contribution in [1.82, 2.24) is 15.5 Å². The molecule has 0 bridgehead atoms. The van der Waals surface area contributed by atoms with Crippen molar-refractivity contribution in [2.45, 2.75) is 84.1 Å². The highest BCUT2D eigenvalue weighted by Gasteiger charge is 2.09. The van der Waals surface area contributed by atoms with Gasteiger partial charge < -0.3 is 4.52 Å². The summed E-state index contributed by atoms with van der Waals surface area (Å²) in [4.78, 5) is 4.56. The fraction of sp³-hybridized carbons (Fsp3) is 0.500. The van der Waals surface area contributed by atoms with Crippen LogP contribution in [0.2, 0.25) is 0 Å². The first-order valence-corrected chi connectivity index (χ1v) is 12.5. The van der Waals surface area contributed by atoms with E-state index in [1.807, 2.05) is 36.4 Å². The predicted molar refractivity (Wildman–Crippen MR) is 131 cm³/mol. The third-order valence-electron chi connectivity index (χ3n) is 5.96. The molecule has 0 aliphatic carbocycles. The third-order valence-corrected chi connectivity index (χ3v) is 5.96. The van der Waals surface area contributed by atoms with Crippen molar-refractivity contribution >= 4 is 0 Å². The van der Waals surface area contributed by atoms with E-state index in [-0.39, 0.29) is 5.82 Å². The third kappa shape index (κ3) is 9.09. The van der Waals surface area contributed by atoms with Gasteiger partial charge in [0.15, 0.2) is 5.82 Å². The lowest BCUT2D eigenvalue weighted by atomic mass is 10.1. The van der Waals surface area contributed by atoms with Crippen molar-refractivity contribution in [2.75, 3.05) is 6.54 Å². The summed E-state index contributed by atoms with van der Waals surface area (Å²) in [6.45, 7) is 3.48. The second-order valence-electron chi connectivity index (χ2n) is 8.74. The van der Waals surface area contributed by atoms with Crippen LogP contribution in [0, 0.1) is 5.82 Å². The quantitative estimate of drug-likeness (QED) is 0.215. The smallest absolute Gasteiger partial charge is 0.257 e. The highest BCUT2D eigenvalue weighted by Crippen LogP contribution is 2.19. The molecular weight excluding hydrogens is 413 g/mol. The topological polar surface area (TPSA) is 53.0 Å². The first kappa shape index (κ1) is 25.1. The van der Waals surface area contributed by atoms with Crippen molar-refractivity contribution < 1.29 is 8.91 Å². The summed E-state index contributed by atoms with van der Waals surface area (Å²) in [6, 6.07) is 14.9. The van der Waals surface area contributed by atoms with Gasteiger partial charge in [-0.25, -0.2) is 9.71 Å². The average Bonchev–Trinajstić information content (AvgIpc) is 3.31. The molecule has 2 aromatic carbocycles. The zero-order valence-electron chi connectivity index (χ0n) is 19.9. The molecule has 1 aromatic heterocycles. The molecule has 0 atom stereocenters. The van der Waals surface area contributed by atoms with E-state index in [9.17, 15) is 4.39 Å². The molecule has 0 unspecified atom stereocenters. The van der Waals surface area contributed by atoms with Crippen molar-refractivity contribution in [1.29, 1.82) is 0 Å². The van der Waals surface area contributed by atoms with Gasteiger partial charge in [0.25, 0.3) is 5.89 Å². The van der Waals surface area contributed by atoms with Crippen molar-refractivity contribution in [3.63, 3.8) is 0 Å². The molecule has 0 fully saturated rings. The summed E-state index contributed by atoms with van der Waals surface area (Å²) in [5, 5.41) is 8.68. The Morgan fingerprint density at radius 3 is 2.24 bits per heavy atom. The highest BCUT2D eigenvalue weighted by molar-refractivity contribution is 5.53. The first-order chi connectivity index (χ1) is 16.3. The zero-order valence-corrected chi connectivity index (χ0v) is 19.9. The Morgan fingerprint density at radius 1 is 0.818 bits per heavy atom. The van der Waals surface area contributed by atoms with Gasteiger partial charge in [-0.2, -0.15) is 4.98 Å². The van der Waals surface area contributed by atoms with Crippen LogP contribution in [0.1, 0.15) is 81.7 Å². The lowest BCUT2D eigenvalue weighted by molar-refractivity contribution is 0.421. The normalized spacial score (nSPS) is 11.2. The Labute approximate surface area is 198 Å². The van der Waals surface area contributed by atoms with Gasteiger partial charge in [-0.3, -0.25) is 0 Å². The zero-order chi connectivity index (χ0) is 23.1. The molecule has 3 aromatic rings. The van der Waals surface area contributed by atoms with Crippen molar-refractivity contribution in [3.8, 4) is 11.5 Å². The summed E-state index contributed by atoms with van der Waals surface area (Å²) < 4.78 is 19.1. The van der Waals surface area contributed by atoms with Gasteiger partial charge in [0.05, 0.1) is 0 Å². The number of hydrogen-bond donors (Lipinski definition) is 0. The Kier molecular flexibility index (Phi) is 11.1. The van der Waals surface area contributed by atoms with Crippen LogP contribution in [0.5, 0.6) is 0 Å². The van der Waals surface area contributed by atoms with Gasteiger partial charge in [-0.15, -0.1) is 0 Å². The summed E-state index contributed by atoms with van der Waals surface area (Å²) in [5.74, 6) is 1.21. The van der Waals surface area contributed by atoms with Crippen LogP contribution in [0.25, 0.3) is 11.5 Å². The molecule has 3 rings (SSSR count). The minimum atomic E-state index is -0.159. The molecule has 0 spiro atoms. The van der Waals surface area contributed by atoms with Crippen LogP contribution >= 0.6 is 0 Å². The van der Waals surface area contributed by atoms with Crippen LogP contribution in [0.3, 0.4) is 0 Å². The standard InChI is InChI=1S/C28H37FN3O/c1-2-3-4-5-6-7-8-9-10-15-27-31-28(33-32-27)25-18-16-23(17-19-25)22-30-21-20-24-13-11-12-14-26(24)29/h11-14,16-19H,2-10,15,20-22H2,1H3. The van der Waals surface area contributed by atoms with Gasteiger partial charge in [0.1, 0.15) is 5.82 Å². The molecule has 33 heavy (non-hydrogen) atoms. The SMILES string of the molecule is CCCCCCCCCCCc1noc(-c2ccc(C[N]CCc3ccccc3F)cc2)n1. The average molecular weight is 451 g/mol. The second-order valence-corrected chi connectivity index (χ2v) is 8.74. The van der Waals surface area contributed by atoms with Gasteiger partial charge in [0.2, 0.25) is 0 Å². The highest BCUT2D eigenvalue weighted by atomic mass is 19.1. The number of nitrogens with zero attached hydrogens (tertiary/aromatic N) is 3. The molecule has 1 radical (unpaired) electrons. The van der Waals surface area contributed by atoms with E-state index in [0.717, 1.165) is 29.8 Å². The van der Waals surface area contributed by atoms with Crippen LogP contribution in [-0.2, 0) is 19.4 Å². The van der Waals surface area contributed by atoms with E-state index < -0.39 is 0 Å². The summed E-state index contributed by atoms with van der Waals surface area (Å²) in [6.07, 6.45) is 13.3. The number of unbranched alkanes of at least 4 members (excludes halogenated alkanes) is 8. The van der Waals surface area contributed by atoms with E-state index in [2.05, 4.69) is 22.4 Å². The molecule has 1 heterocycles. The van der Waals surface area contributed by atoms with Crippen LogP contribution in [-0.4, -0.2) is 16.7 Å². The van der Waals surface area contributed by atoms with E-state index in [1.165, 1.54) is 57.4 Å². The number of rotatable bonds is 16. The minimum absolute atomic E-state index is 0.159. The first-order valence-electron chi connectivity index (χ1n) is 12.5. The molecule has 177 valence electrons. The van der Waals surface area contributed by atoms with Gasteiger partial charge in [0, 0.05) is 25.1 Å². The summed E-state index contributed by atoms with van der Waals surface area (Å²) >= 11 is 0. The molecule has 0 saturated heterocycles. The molecule has 0 N–H and O–H groups in total. The summed E-state index contributed by atoms with van der Waals surface area (Å²) in [5.41, 5.74) is 2.75. The molecule has 0 amide bonds. The number of hydrogen-bond acceptors (Lipinski definition) is 3.